The van der Waals surface area contributed by atoms with E-state index in [2.05, 4.69) is 25.2 Å². The molecule has 0 saturated heterocycles. The molecule has 1 atom stereocenters. The van der Waals surface area contributed by atoms with Crippen LogP contribution in [-0.4, -0.2) is 24.4 Å². The highest BCUT2D eigenvalue weighted by molar-refractivity contribution is 5.33. The fourth-order valence-corrected chi connectivity index (χ4v) is 1.59. The highest BCUT2D eigenvalue weighted by atomic mass is 16.5. The molecule has 3 heteroatoms. The quantitative estimate of drug-likeness (QED) is 0.729. The van der Waals surface area contributed by atoms with Gasteiger partial charge in [0.2, 0.25) is 0 Å². The number of para-hydroxylation sites is 1. The van der Waals surface area contributed by atoms with Gasteiger partial charge in [0, 0.05) is 18.2 Å². The zero-order valence-electron chi connectivity index (χ0n) is 10.8. The number of aliphatic hydroxyl groups is 1. The van der Waals surface area contributed by atoms with Gasteiger partial charge in [0.25, 0.3) is 0 Å². The Hall–Kier alpha value is -1.06. The van der Waals surface area contributed by atoms with Crippen LogP contribution < -0.4 is 10.1 Å². The van der Waals surface area contributed by atoms with Gasteiger partial charge in [-0.1, -0.05) is 32.0 Å². The molecule has 2 N–H and O–H groups in total. The lowest BCUT2D eigenvalue weighted by Gasteiger charge is -2.16. The van der Waals surface area contributed by atoms with Crippen LogP contribution in [0.15, 0.2) is 24.3 Å². The molecule has 0 radical (unpaired) electrons. The summed E-state index contributed by atoms with van der Waals surface area (Å²) >= 11 is 0. The largest absolute Gasteiger partial charge is 0.493 e. The highest BCUT2D eigenvalue weighted by Crippen LogP contribution is 2.18. The van der Waals surface area contributed by atoms with Crippen molar-refractivity contribution < 1.29 is 9.84 Å². The van der Waals surface area contributed by atoms with E-state index in [0.29, 0.717) is 0 Å². The van der Waals surface area contributed by atoms with E-state index < -0.39 is 0 Å². The van der Waals surface area contributed by atoms with Gasteiger partial charge in [0.1, 0.15) is 5.75 Å². The Bertz CT molecular complexity index is 311. The Labute approximate surface area is 104 Å². The summed E-state index contributed by atoms with van der Waals surface area (Å²) in [6.07, 6.45) is 1.93. The Balaban J connectivity index is 2.56. The fourth-order valence-electron chi connectivity index (χ4n) is 1.59. The van der Waals surface area contributed by atoms with Crippen molar-refractivity contribution in [2.45, 2.75) is 39.3 Å². The van der Waals surface area contributed by atoms with Crippen LogP contribution >= 0.6 is 0 Å². The Morgan fingerprint density at radius 3 is 2.71 bits per heavy atom. The monoisotopic (exact) mass is 237 g/mol. The van der Waals surface area contributed by atoms with Crippen LogP contribution in [-0.2, 0) is 6.54 Å². The Morgan fingerprint density at radius 1 is 1.29 bits per heavy atom. The molecule has 1 rings (SSSR count). The second kappa shape index (κ2) is 8.09. The zero-order chi connectivity index (χ0) is 12.5. The predicted octanol–water partition coefficient (Wildman–Crippen LogP) is 2.34. The maximum atomic E-state index is 9.12. The van der Waals surface area contributed by atoms with Crippen LogP contribution in [0, 0.1) is 0 Å². The Kier molecular flexibility index (Phi) is 6.67. The van der Waals surface area contributed by atoms with Crippen LogP contribution in [0.5, 0.6) is 5.75 Å². The minimum Gasteiger partial charge on any atom is -0.493 e. The molecule has 96 valence electrons. The minimum absolute atomic E-state index is 0.161. The van der Waals surface area contributed by atoms with Crippen LogP contribution in [0.2, 0.25) is 0 Å². The van der Waals surface area contributed by atoms with Crippen molar-refractivity contribution in [3.63, 3.8) is 0 Å². The number of benzene rings is 1. The van der Waals surface area contributed by atoms with Crippen molar-refractivity contribution in [3.05, 3.63) is 29.8 Å². The van der Waals surface area contributed by atoms with Gasteiger partial charge in [-0.25, -0.2) is 0 Å². The molecule has 0 aliphatic heterocycles. The van der Waals surface area contributed by atoms with E-state index in [9.17, 15) is 0 Å². The number of aliphatic hydroxyl groups excluding tert-OH is 1. The lowest BCUT2D eigenvalue weighted by Crippen LogP contribution is -2.31. The van der Waals surface area contributed by atoms with E-state index in [1.165, 1.54) is 0 Å². The maximum Gasteiger partial charge on any atom is 0.123 e. The topological polar surface area (TPSA) is 41.5 Å². The minimum atomic E-state index is 0.161. The van der Waals surface area contributed by atoms with Crippen LogP contribution in [0.1, 0.15) is 32.3 Å². The molecule has 1 aromatic rings. The average Bonchev–Trinajstić information content (AvgIpc) is 2.38. The molecule has 0 amide bonds. The van der Waals surface area contributed by atoms with Gasteiger partial charge in [0.15, 0.2) is 0 Å². The molecule has 0 heterocycles. The molecule has 0 aliphatic rings. The standard InChI is InChI=1S/C14H23NO2/c1-3-9-17-14-8-6-5-7-12(14)10-15-13(4-2)11-16/h5-8,13,15-16H,3-4,9-11H2,1-2H3. The van der Waals surface area contributed by atoms with Gasteiger partial charge in [-0.3, -0.25) is 0 Å². The summed E-state index contributed by atoms with van der Waals surface area (Å²) in [6.45, 7) is 5.81. The van der Waals surface area contributed by atoms with E-state index in [1.54, 1.807) is 0 Å². The summed E-state index contributed by atoms with van der Waals surface area (Å²) in [5, 5.41) is 12.4. The van der Waals surface area contributed by atoms with Crippen molar-refractivity contribution >= 4 is 0 Å². The predicted molar refractivity (Wildman–Crippen MR) is 70.2 cm³/mol. The number of hydrogen-bond acceptors (Lipinski definition) is 3. The number of hydrogen-bond donors (Lipinski definition) is 2. The van der Waals surface area contributed by atoms with Gasteiger partial charge in [-0.05, 0) is 18.9 Å². The van der Waals surface area contributed by atoms with Crippen LogP contribution in [0.25, 0.3) is 0 Å². The third-order valence-electron chi connectivity index (χ3n) is 2.73. The second-order valence-electron chi connectivity index (χ2n) is 4.12. The maximum absolute atomic E-state index is 9.12. The van der Waals surface area contributed by atoms with Gasteiger partial charge in [0.05, 0.1) is 13.2 Å². The first-order valence-corrected chi connectivity index (χ1v) is 6.36. The van der Waals surface area contributed by atoms with Crippen LogP contribution in [0.3, 0.4) is 0 Å². The normalized spacial score (nSPS) is 12.4. The van der Waals surface area contributed by atoms with E-state index in [-0.39, 0.29) is 12.6 Å². The van der Waals surface area contributed by atoms with Gasteiger partial charge in [-0.15, -0.1) is 0 Å². The summed E-state index contributed by atoms with van der Waals surface area (Å²) in [5.41, 5.74) is 1.15. The molecule has 0 saturated carbocycles. The van der Waals surface area contributed by atoms with E-state index in [0.717, 1.165) is 37.3 Å². The van der Waals surface area contributed by atoms with Gasteiger partial charge in [-0.2, -0.15) is 0 Å². The molecule has 1 aromatic carbocycles. The molecule has 0 spiro atoms. The molecule has 1 unspecified atom stereocenters. The highest BCUT2D eigenvalue weighted by Gasteiger charge is 2.06. The van der Waals surface area contributed by atoms with Gasteiger partial charge < -0.3 is 15.2 Å². The summed E-state index contributed by atoms with van der Waals surface area (Å²) in [6, 6.07) is 8.21. The van der Waals surface area contributed by atoms with Crippen molar-refractivity contribution in [2.75, 3.05) is 13.2 Å². The van der Waals surface area contributed by atoms with E-state index in [4.69, 9.17) is 9.84 Å². The fraction of sp³-hybridized carbons (Fsp3) is 0.571. The summed E-state index contributed by atoms with van der Waals surface area (Å²) < 4.78 is 5.68. The first kappa shape index (κ1) is 14.0. The van der Waals surface area contributed by atoms with E-state index >= 15 is 0 Å². The average molecular weight is 237 g/mol. The smallest absolute Gasteiger partial charge is 0.123 e. The molecular formula is C14H23NO2. The lowest BCUT2D eigenvalue weighted by molar-refractivity contribution is 0.237. The SMILES string of the molecule is CCCOc1ccccc1CNC(CC)CO. The van der Waals surface area contributed by atoms with Gasteiger partial charge >= 0.3 is 0 Å². The van der Waals surface area contributed by atoms with Crippen molar-refractivity contribution in [3.8, 4) is 5.75 Å². The first-order valence-electron chi connectivity index (χ1n) is 6.36. The summed E-state index contributed by atoms with van der Waals surface area (Å²) in [7, 11) is 0. The molecule has 0 aliphatic carbocycles. The molecule has 0 fully saturated rings. The van der Waals surface area contributed by atoms with E-state index in [1.807, 2.05) is 18.2 Å². The van der Waals surface area contributed by atoms with Crippen molar-refractivity contribution in [2.24, 2.45) is 0 Å². The molecular weight excluding hydrogens is 214 g/mol. The second-order valence-corrected chi connectivity index (χ2v) is 4.12. The van der Waals surface area contributed by atoms with Crippen molar-refractivity contribution in [1.29, 1.82) is 0 Å². The third-order valence-corrected chi connectivity index (χ3v) is 2.73. The Morgan fingerprint density at radius 2 is 2.06 bits per heavy atom. The van der Waals surface area contributed by atoms with Crippen LogP contribution in [0.4, 0.5) is 0 Å². The zero-order valence-corrected chi connectivity index (χ0v) is 10.8. The summed E-state index contributed by atoms with van der Waals surface area (Å²) in [4.78, 5) is 0. The number of ether oxygens (including phenoxy) is 1. The lowest BCUT2D eigenvalue weighted by atomic mass is 10.1. The number of nitrogens with one attached hydrogen (secondary N) is 1. The summed E-state index contributed by atoms with van der Waals surface area (Å²) in [5.74, 6) is 0.939. The molecule has 0 aromatic heterocycles. The molecule has 3 nitrogen and oxygen atoms in total. The molecule has 17 heavy (non-hydrogen) atoms. The van der Waals surface area contributed by atoms with Crippen molar-refractivity contribution in [1.82, 2.24) is 5.32 Å². The number of rotatable bonds is 8. The first-order chi connectivity index (χ1) is 8.31. The molecule has 0 bridgehead atoms. The third kappa shape index (κ3) is 4.75.